The Morgan fingerprint density at radius 3 is 2.50 bits per heavy atom. The van der Waals surface area contributed by atoms with Gasteiger partial charge in [-0.2, -0.15) is 0 Å². The highest BCUT2D eigenvalue weighted by atomic mass is 16.5. The van der Waals surface area contributed by atoms with Crippen LogP contribution in [0.15, 0.2) is 65.1 Å². The lowest BCUT2D eigenvalue weighted by atomic mass is 9.98. The molecule has 0 spiro atoms. The van der Waals surface area contributed by atoms with Crippen LogP contribution in [0.25, 0.3) is 28.7 Å². The number of fused-ring (bicyclic) bond motifs is 1. The van der Waals surface area contributed by atoms with Crippen molar-refractivity contribution in [1.29, 1.82) is 0 Å². The van der Waals surface area contributed by atoms with E-state index in [1.807, 2.05) is 42.5 Å². The molecule has 1 aliphatic carbocycles. The summed E-state index contributed by atoms with van der Waals surface area (Å²) in [5.41, 5.74) is 3.38. The van der Waals surface area contributed by atoms with Crippen molar-refractivity contribution in [2.45, 2.75) is 12.2 Å². The molecular formula is C20H16O4. The molecule has 4 nitrogen and oxygen atoms in total. The summed E-state index contributed by atoms with van der Waals surface area (Å²) in [6.07, 6.45) is 2.27. The highest BCUT2D eigenvalue weighted by Gasteiger charge is 2.23. The van der Waals surface area contributed by atoms with Crippen molar-refractivity contribution in [3.63, 3.8) is 0 Å². The summed E-state index contributed by atoms with van der Waals surface area (Å²) < 4.78 is 5.89. The summed E-state index contributed by atoms with van der Waals surface area (Å²) in [4.78, 5) is 0. The van der Waals surface area contributed by atoms with Gasteiger partial charge in [0.2, 0.25) is 0 Å². The Balaban J connectivity index is 1.69. The number of phenolic OH excluding ortho intramolecular Hbond substituents is 1. The predicted octanol–water partition coefficient (Wildman–Crippen LogP) is 3.74. The van der Waals surface area contributed by atoms with E-state index in [0.717, 1.165) is 16.7 Å². The van der Waals surface area contributed by atoms with Crippen LogP contribution in [-0.2, 0) is 0 Å². The van der Waals surface area contributed by atoms with Crippen molar-refractivity contribution in [2.24, 2.45) is 0 Å². The smallest absolute Gasteiger partial charge is 0.161 e. The maximum Gasteiger partial charge on any atom is 0.161 e. The fraction of sp³-hybridized carbons (Fsp3) is 0.100. The number of furan rings is 1. The van der Waals surface area contributed by atoms with Crippen molar-refractivity contribution in [2.75, 3.05) is 0 Å². The van der Waals surface area contributed by atoms with E-state index in [0.29, 0.717) is 17.1 Å². The van der Waals surface area contributed by atoms with Gasteiger partial charge in [0.1, 0.15) is 17.3 Å². The Labute approximate surface area is 138 Å². The first-order valence-corrected chi connectivity index (χ1v) is 7.70. The first kappa shape index (κ1) is 14.8. The molecule has 0 saturated heterocycles. The van der Waals surface area contributed by atoms with Gasteiger partial charge >= 0.3 is 0 Å². The number of aliphatic hydroxyl groups excluding tert-OH is 1. The van der Waals surface area contributed by atoms with E-state index in [-0.39, 0.29) is 11.7 Å². The van der Waals surface area contributed by atoms with Gasteiger partial charge in [-0.05, 0) is 41.5 Å². The second-order valence-electron chi connectivity index (χ2n) is 5.82. The zero-order valence-corrected chi connectivity index (χ0v) is 12.8. The summed E-state index contributed by atoms with van der Waals surface area (Å²) in [5.74, 6) is 1.08. The molecule has 0 saturated carbocycles. The molecule has 1 atom stereocenters. The fourth-order valence-corrected chi connectivity index (χ4v) is 3.07. The highest BCUT2D eigenvalue weighted by Crippen LogP contribution is 2.37. The fourth-order valence-electron chi connectivity index (χ4n) is 3.07. The molecule has 4 heteroatoms. The Bertz CT molecular complexity index is 921. The van der Waals surface area contributed by atoms with Gasteiger partial charge in [-0.15, -0.1) is 0 Å². The number of hydrogen-bond donors (Lipinski definition) is 3. The molecule has 3 aromatic rings. The van der Waals surface area contributed by atoms with Gasteiger partial charge in [-0.3, -0.25) is 0 Å². The summed E-state index contributed by atoms with van der Waals surface area (Å²) in [5, 5.41) is 28.7. The lowest BCUT2D eigenvalue weighted by Gasteiger charge is -2.13. The first-order chi connectivity index (χ1) is 11.6. The molecule has 0 fully saturated rings. The molecule has 2 aromatic carbocycles. The molecule has 0 bridgehead atoms. The van der Waals surface area contributed by atoms with Crippen LogP contribution in [0.2, 0.25) is 0 Å². The highest BCUT2D eigenvalue weighted by molar-refractivity contribution is 5.73. The zero-order valence-electron chi connectivity index (χ0n) is 12.8. The van der Waals surface area contributed by atoms with E-state index in [2.05, 4.69) is 0 Å². The molecule has 3 N–H and O–H groups in total. The topological polar surface area (TPSA) is 73.8 Å². The number of benzene rings is 2. The SMILES string of the molecule is Oc1ccccc1-c1ccc(-c2ccc3c(c2)C=CC3C(O)O)o1. The van der Waals surface area contributed by atoms with Crippen LogP contribution >= 0.6 is 0 Å². The Morgan fingerprint density at radius 1 is 0.917 bits per heavy atom. The van der Waals surface area contributed by atoms with Gasteiger partial charge in [0.05, 0.1) is 11.5 Å². The second-order valence-corrected chi connectivity index (χ2v) is 5.82. The van der Waals surface area contributed by atoms with E-state index in [1.54, 1.807) is 24.3 Å². The minimum absolute atomic E-state index is 0.176. The minimum atomic E-state index is -1.40. The number of phenols is 1. The van der Waals surface area contributed by atoms with Crippen molar-refractivity contribution < 1.29 is 19.7 Å². The van der Waals surface area contributed by atoms with E-state index >= 15 is 0 Å². The van der Waals surface area contributed by atoms with Crippen molar-refractivity contribution in [3.05, 3.63) is 71.8 Å². The van der Waals surface area contributed by atoms with Crippen LogP contribution in [0.5, 0.6) is 5.75 Å². The van der Waals surface area contributed by atoms with Gasteiger partial charge in [-0.25, -0.2) is 0 Å². The van der Waals surface area contributed by atoms with Crippen molar-refractivity contribution >= 4 is 6.08 Å². The molecule has 0 aliphatic heterocycles. The molecule has 0 amide bonds. The van der Waals surface area contributed by atoms with Gasteiger partial charge in [0.15, 0.2) is 6.29 Å². The maximum absolute atomic E-state index is 9.94. The Morgan fingerprint density at radius 2 is 1.71 bits per heavy atom. The quantitative estimate of drug-likeness (QED) is 0.643. The largest absolute Gasteiger partial charge is 0.507 e. The van der Waals surface area contributed by atoms with Gasteiger partial charge in [0.25, 0.3) is 0 Å². The van der Waals surface area contributed by atoms with Crippen molar-refractivity contribution in [1.82, 2.24) is 0 Å². The molecule has 120 valence electrons. The average Bonchev–Trinajstić information content (AvgIpc) is 3.21. The molecule has 24 heavy (non-hydrogen) atoms. The number of para-hydroxylation sites is 1. The van der Waals surface area contributed by atoms with Gasteiger partial charge < -0.3 is 19.7 Å². The molecule has 0 radical (unpaired) electrons. The summed E-state index contributed by atoms with van der Waals surface area (Å²) in [6, 6.07) is 16.5. The third-order valence-corrected chi connectivity index (χ3v) is 4.31. The van der Waals surface area contributed by atoms with E-state index in [1.165, 1.54) is 0 Å². The molecule has 1 unspecified atom stereocenters. The second kappa shape index (κ2) is 5.67. The molecule has 1 aromatic heterocycles. The lowest BCUT2D eigenvalue weighted by molar-refractivity contribution is -0.0490. The standard InChI is InChI=1S/C20H16O4/c21-17-4-2-1-3-16(17)19-10-9-18(24-19)13-6-7-14-12(11-13)5-8-15(14)20(22)23/h1-11,15,20-23H. The third-order valence-electron chi connectivity index (χ3n) is 4.31. The minimum Gasteiger partial charge on any atom is -0.507 e. The van der Waals surface area contributed by atoms with Crippen LogP contribution in [-0.4, -0.2) is 21.6 Å². The lowest BCUT2D eigenvalue weighted by Crippen LogP contribution is -2.14. The predicted molar refractivity (Wildman–Crippen MR) is 91.2 cm³/mol. The summed E-state index contributed by atoms with van der Waals surface area (Å²) in [7, 11) is 0. The number of aromatic hydroxyl groups is 1. The Kier molecular flexibility index (Phi) is 3.49. The number of rotatable bonds is 3. The Hall–Kier alpha value is -2.82. The first-order valence-electron chi connectivity index (χ1n) is 7.70. The van der Waals surface area contributed by atoms with Crippen molar-refractivity contribution in [3.8, 4) is 28.4 Å². The van der Waals surface area contributed by atoms with E-state index < -0.39 is 6.29 Å². The molecule has 1 aliphatic rings. The normalized spacial score (nSPS) is 15.9. The molecule has 1 heterocycles. The van der Waals surface area contributed by atoms with Gasteiger partial charge in [-0.1, -0.05) is 36.4 Å². The van der Waals surface area contributed by atoms with Crippen LogP contribution < -0.4 is 0 Å². The zero-order chi connectivity index (χ0) is 16.7. The molecule has 4 rings (SSSR count). The average molecular weight is 320 g/mol. The monoisotopic (exact) mass is 320 g/mol. The van der Waals surface area contributed by atoms with Crippen LogP contribution in [0.3, 0.4) is 0 Å². The molecular weight excluding hydrogens is 304 g/mol. The maximum atomic E-state index is 9.94. The van der Waals surface area contributed by atoms with Crippen LogP contribution in [0.1, 0.15) is 17.0 Å². The third kappa shape index (κ3) is 2.42. The summed E-state index contributed by atoms with van der Waals surface area (Å²) in [6.45, 7) is 0. The van der Waals surface area contributed by atoms with Crippen LogP contribution in [0, 0.1) is 0 Å². The van der Waals surface area contributed by atoms with Gasteiger partial charge in [0, 0.05) is 5.56 Å². The van der Waals surface area contributed by atoms with E-state index in [4.69, 9.17) is 4.42 Å². The number of hydrogen-bond acceptors (Lipinski definition) is 4. The summed E-state index contributed by atoms with van der Waals surface area (Å²) >= 11 is 0. The van der Waals surface area contributed by atoms with Crippen LogP contribution in [0.4, 0.5) is 0 Å². The number of aliphatic hydroxyl groups is 2. The van der Waals surface area contributed by atoms with E-state index in [9.17, 15) is 15.3 Å².